The molecule has 0 aliphatic heterocycles. The average Bonchev–Trinajstić information content (AvgIpc) is 2.52. The minimum atomic E-state index is -0.123. The number of aromatic nitrogens is 1. The summed E-state index contributed by atoms with van der Waals surface area (Å²) in [7, 11) is 0. The van der Waals surface area contributed by atoms with Gasteiger partial charge in [0.2, 0.25) is 0 Å². The van der Waals surface area contributed by atoms with E-state index >= 15 is 0 Å². The first kappa shape index (κ1) is 11.5. The Morgan fingerprint density at radius 1 is 1.71 bits per heavy atom. The maximum Gasteiger partial charge on any atom is 0.306 e. The summed E-state index contributed by atoms with van der Waals surface area (Å²) in [6, 6.07) is 0. The third-order valence-corrected chi connectivity index (χ3v) is 3.87. The van der Waals surface area contributed by atoms with E-state index in [1.807, 2.05) is 19.4 Å². The zero-order valence-electron chi connectivity index (χ0n) is 8.28. The van der Waals surface area contributed by atoms with Crippen molar-refractivity contribution >= 4 is 29.1 Å². The van der Waals surface area contributed by atoms with Crippen LogP contribution in [0.3, 0.4) is 0 Å². The monoisotopic (exact) mass is 231 g/mol. The first-order chi connectivity index (χ1) is 6.74. The summed E-state index contributed by atoms with van der Waals surface area (Å²) in [4.78, 5) is 15.1. The van der Waals surface area contributed by atoms with E-state index in [9.17, 15) is 4.79 Å². The lowest BCUT2D eigenvalue weighted by Gasteiger charge is -2.00. The molecule has 3 nitrogen and oxygen atoms in total. The molecule has 0 fully saturated rings. The van der Waals surface area contributed by atoms with Crippen molar-refractivity contribution in [2.24, 2.45) is 0 Å². The van der Waals surface area contributed by atoms with Gasteiger partial charge in [-0.25, -0.2) is 4.98 Å². The van der Waals surface area contributed by atoms with Crippen molar-refractivity contribution < 1.29 is 9.53 Å². The third kappa shape index (κ3) is 3.67. The molecule has 0 unspecified atom stereocenters. The van der Waals surface area contributed by atoms with Crippen molar-refractivity contribution in [2.45, 2.75) is 24.5 Å². The number of carbonyl (C=O) groups excluding carboxylic acids is 1. The van der Waals surface area contributed by atoms with Crippen LogP contribution in [-0.2, 0) is 9.53 Å². The Bertz CT molecular complexity index is 299. The Morgan fingerprint density at radius 2 is 2.50 bits per heavy atom. The molecule has 0 spiro atoms. The van der Waals surface area contributed by atoms with Gasteiger partial charge in [0.05, 0.1) is 28.4 Å². The second-order valence-corrected chi connectivity index (χ2v) is 4.85. The average molecular weight is 231 g/mol. The van der Waals surface area contributed by atoms with Crippen molar-refractivity contribution in [3.63, 3.8) is 0 Å². The summed E-state index contributed by atoms with van der Waals surface area (Å²) in [6.07, 6.45) is 0.468. The zero-order chi connectivity index (χ0) is 10.4. The fraction of sp³-hybridized carbons (Fsp3) is 0.556. The van der Waals surface area contributed by atoms with Crippen molar-refractivity contribution in [1.29, 1.82) is 0 Å². The molecule has 0 aromatic carbocycles. The molecule has 14 heavy (non-hydrogen) atoms. The number of esters is 1. The Kier molecular flexibility index (Phi) is 4.97. The molecule has 0 bridgehead atoms. The van der Waals surface area contributed by atoms with Crippen molar-refractivity contribution in [1.82, 2.24) is 4.98 Å². The molecule has 0 atom stereocenters. The van der Waals surface area contributed by atoms with E-state index in [2.05, 4.69) is 4.98 Å². The van der Waals surface area contributed by atoms with Crippen molar-refractivity contribution in [3.05, 3.63) is 11.2 Å². The Morgan fingerprint density at radius 3 is 3.07 bits per heavy atom. The van der Waals surface area contributed by atoms with E-state index in [0.717, 1.165) is 11.4 Å². The van der Waals surface area contributed by atoms with E-state index < -0.39 is 0 Å². The van der Waals surface area contributed by atoms with Gasteiger partial charge >= 0.3 is 5.97 Å². The first-order valence-electron chi connectivity index (χ1n) is 4.42. The molecule has 0 saturated heterocycles. The van der Waals surface area contributed by atoms with Crippen LogP contribution >= 0.6 is 23.1 Å². The Labute approximate surface area is 91.9 Å². The largest absolute Gasteiger partial charge is 0.466 e. The second kappa shape index (κ2) is 6.03. The fourth-order valence-electron chi connectivity index (χ4n) is 0.890. The molecule has 78 valence electrons. The summed E-state index contributed by atoms with van der Waals surface area (Å²) in [5, 5.41) is 0. The summed E-state index contributed by atoms with van der Waals surface area (Å²) >= 11 is 3.28. The number of hydrogen-bond donors (Lipinski definition) is 0. The van der Waals surface area contributed by atoms with Crippen LogP contribution in [0.1, 0.15) is 19.0 Å². The van der Waals surface area contributed by atoms with Crippen molar-refractivity contribution in [2.75, 3.05) is 12.4 Å². The molecule has 1 heterocycles. The van der Waals surface area contributed by atoms with E-state index in [1.54, 1.807) is 23.1 Å². The molecule has 0 saturated carbocycles. The van der Waals surface area contributed by atoms with Gasteiger partial charge in [0.1, 0.15) is 0 Å². The van der Waals surface area contributed by atoms with E-state index in [0.29, 0.717) is 13.0 Å². The first-order valence-corrected chi connectivity index (χ1v) is 6.29. The number of ether oxygens (including phenoxy) is 1. The standard InChI is InChI=1S/C9H13NO2S2/c1-3-12-8(11)4-5-13-9-7(2)10-6-14-9/h6H,3-5H2,1-2H3. The lowest BCUT2D eigenvalue weighted by Crippen LogP contribution is -2.04. The Balaban J connectivity index is 2.22. The highest BCUT2D eigenvalue weighted by atomic mass is 32.2. The molecule has 0 N–H and O–H groups in total. The van der Waals surface area contributed by atoms with E-state index in [1.165, 1.54) is 4.21 Å². The van der Waals surface area contributed by atoms with Gasteiger partial charge in [0, 0.05) is 5.75 Å². The smallest absolute Gasteiger partial charge is 0.306 e. The summed E-state index contributed by atoms with van der Waals surface area (Å²) in [5.41, 5.74) is 2.87. The van der Waals surface area contributed by atoms with Crippen LogP contribution in [0, 0.1) is 6.92 Å². The van der Waals surface area contributed by atoms with Crippen LogP contribution in [0.4, 0.5) is 0 Å². The molecule has 1 rings (SSSR count). The maximum atomic E-state index is 11.0. The zero-order valence-corrected chi connectivity index (χ0v) is 9.91. The summed E-state index contributed by atoms with van der Waals surface area (Å²) in [6.45, 7) is 4.25. The summed E-state index contributed by atoms with van der Waals surface area (Å²) in [5.74, 6) is 0.643. The van der Waals surface area contributed by atoms with Crippen LogP contribution < -0.4 is 0 Å². The van der Waals surface area contributed by atoms with Gasteiger partial charge in [0.15, 0.2) is 0 Å². The van der Waals surface area contributed by atoms with Crippen LogP contribution in [0.25, 0.3) is 0 Å². The van der Waals surface area contributed by atoms with Crippen LogP contribution in [-0.4, -0.2) is 23.3 Å². The SMILES string of the molecule is CCOC(=O)CCSc1scnc1C. The molecule has 0 amide bonds. The number of carbonyl (C=O) groups is 1. The Hall–Kier alpha value is -0.550. The van der Waals surface area contributed by atoms with Crippen molar-refractivity contribution in [3.8, 4) is 0 Å². The number of thiazole rings is 1. The van der Waals surface area contributed by atoms with Gasteiger partial charge in [-0.05, 0) is 13.8 Å². The second-order valence-electron chi connectivity index (χ2n) is 2.63. The van der Waals surface area contributed by atoms with Gasteiger partial charge in [0.25, 0.3) is 0 Å². The minimum absolute atomic E-state index is 0.123. The van der Waals surface area contributed by atoms with Gasteiger partial charge < -0.3 is 4.74 Å². The number of hydrogen-bond acceptors (Lipinski definition) is 5. The third-order valence-electron chi connectivity index (χ3n) is 1.55. The van der Waals surface area contributed by atoms with Crippen LogP contribution in [0.2, 0.25) is 0 Å². The van der Waals surface area contributed by atoms with E-state index in [-0.39, 0.29) is 5.97 Å². The maximum absolute atomic E-state index is 11.0. The van der Waals surface area contributed by atoms with E-state index in [4.69, 9.17) is 4.74 Å². The number of thioether (sulfide) groups is 1. The molecule has 0 aliphatic carbocycles. The highest BCUT2D eigenvalue weighted by molar-refractivity contribution is 8.01. The number of aryl methyl sites for hydroxylation is 1. The highest BCUT2D eigenvalue weighted by Gasteiger charge is 2.05. The molecular formula is C9H13NO2S2. The number of rotatable bonds is 5. The molecule has 1 aromatic heterocycles. The quantitative estimate of drug-likeness (QED) is 0.576. The predicted molar refractivity (Wildman–Crippen MR) is 58.8 cm³/mol. The minimum Gasteiger partial charge on any atom is -0.466 e. The lowest BCUT2D eigenvalue weighted by atomic mass is 10.5. The normalized spacial score (nSPS) is 10.1. The van der Waals surface area contributed by atoms with Gasteiger partial charge in [-0.15, -0.1) is 23.1 Å². The number of nitrogens with zero attached hydrogens (tertiary/aromatic N) is 1. The van der Waals surface area contributed by atoms with Crippen LogP contribution in [0.15, 0.2) is 9.72 Å². The lowest BCUT2D eigenvalue weighted by molar-refractivity contribution is -0.142. The molecule has 1 aromatic rings. The summed E-state index contributed by atoms with van der Waals surface area (Å²) < 4.78 is 6.02. The predicted octanol–water partition coefficient (Wildman–Crippen LogP) is 2.50. The molecular weight excluding hydrogens is 218 g/mol. The molecule has 5 heteroatoms. The molecule has 0 radical (unpaired) electrons. The van der Waals surface area contributed by atoms with Crippen LogP contribution in [0.5, 0.6) is 0 Å². The fourth-order valence-corrected chi connectivity index (χ4v) is 2.79. The highest BCUT2D eigenvalue weighted by Crippen LogP contribution is 2.26. The van der Waals surface area contributed by atoms with Gasteiger partial charge in [-0.2, -0.15) is 0 Å². The van der Waals surface area contributed by atoms with Gasteiger partial charge in [-0.1, -0.05) is 0 Å². The van der Waals surface area contributed by atoms with Gasteiger partial charge in [-0.3, -0.25) is 4.79 Å². The molecule has 0 aliphatic rings. The topological polar surface area (TPSA) is 39.2 Å².